The van der Waals surface area contributed by atoms with Gasteiger partial charge in [-0.2, -0.15) is 0 Å². The molecule has 4 atom stereocenters. The van der Waals surface area contributed by atoms with Crippen molar-refractivity contribution in [2.24, 2.45) is 11.8 Å². The molecule has 0 aliphatic heterocycles. The highest BCUT2D eigenvalue weighted by molar-refractivity contribution is 5.93. The third kappa shape index (κ3) is 9.03. The van der Waals surface area contributed by atoms with Gasteiger partial charge in [-0.3, -0.25) is 14.4 Å². The number of ether oxygens (including phenoxy) is 2. The van der Waals surface area contributed by atoms with Crippen LogP contribution in [-0.4, -0.2) is 59.6 Å². The quantitative estimate of drug-likeness (QED) is 0.414. The topological polar surface area (TPSA) is 114 Å². The van der Waals surface area contributed by atoms with Crippen LogP contribution in [0, 0.1) is 25.7 Å². The third-order valence-electron chi connectivity index (χ3n) is 6.30. The fourth-order valence-corrected chi connectivity index (χ4v) is 4.50. The number of carbonyl (C=O) groups excluding carboxylic acids is 4. The summed E-state index contributed by atoms with van der Waals surface area (Å²) in [6, 6.07) is 3.83. The van der Waals surface area contributed by atoms with Gasteiger partial charge < -0.3 is 25.0 Å². The van der Waals surface area contributed by atoms with Gasteiger partial charge in [0.2, 0.25) is 11.8 Å². The van der Waals surface area contributed by atoms with Crippen molar-refractivity contribution in [3.05, 3.63) is 34.9 Å². The second-order valence-electron chi connectivity index (χ2n) is 11.6. The molecular weight excluding hydrogens is 486 g/mol. The van der Waals surface area contributed by atoms with E-state index in [1.165, 1.54) is 0 Å². The molecule has 0 aromatic heterocycles. The van der Waals surface area contributed by atoms with Gasteiger partial charge in [-0.25, -0.2) is 4.79 Å². The normalized spacial score (nSPS) is 18.3. The third-order valence-corrected chi connectivity index (χ3v) is 6.30. The predicted molar refractivity (Wildman–Crippen MR) is 145 cm³/mol. The lowest BCUT2D eigenvalue weighted by atomic mass is 9.96. The number of esters is 1. The van der Waals surface area contributed by atoms with Gasteiger partial charge in [-0.1, -0.05) is 50.1 Å². The first-order valence-corrected chi connectivity index (χ1v) is 13.5. The summed E-state index contributed by atoms with van der Waals surface area (Å²) in [6.07, 6.45) is 0.0949. The molecule has 0 saturated heterocycles. The van der Waals surface area contributed by atoms with Gasteiger partial charge in [-0.05, 0) is 65.4 Å². The molecule has 0 heterocycles. The van der Waals surface area contributed by atoms with Crippen molar-refractivity contribution in [3.63, 3.8) is 0 Å². The smallest absolute Gasteiger partial charge is 0.408 e. The molecule has 9 nitrogen and oxygen atoms in total. The monoisotopic (exact) mass is 531 g/mol. The molecule has 212 valence electrons. The van der Waals surface area contributed by atoms with Gasteiger partial charge in [0.1, 0.15) is 17.7 Å². The molecule has 1 aliphatic rings. The number of carbonyl (C=O) groups is 4. The number of rotatable bonds is 11. The van der Waals surface area contributed by atoms with Gasteiger partial charge in [0.15, 0.2) is 0 Å². The molecule has 3 amide bonds. The summed E-state index contributed by atoms with van der Waals surface area (Å²) in [5.74, 6) is -1.18. The van der Waals surface area contributed by atoms with E-state index >= 15 is 0 Å². The zero-order valence-electron chi connectivity index (χ0n) is 24.3. The van der Waals surface area contributed by atoms with E-state index in [-0.39, 0.29) is 49.3 Å². The van der Waals surface area contributed by atoms with Crippen LogP contribution in [0.3, 0.4) is 0 Å². The standard InChI is InChI=1S/C29H45N3O6/c1-10-37-23(33)11-12-30-26(34)25(21-14-18(4)13-19(5)15-21)32(22-16-20(22)6)27(35)24(17(2)3)31-28(36)38-29(7,8)9/h13-15,17,20,22,24-25H,10-12,16H2,1-9H3,(H,30,34)(H,31,36). The van der Waals surface area contributed by atoms with Crippen LogP contribution in [0.2, 0.25) is 0 Å². The zero-order chi connectivity index (χ0) is 28.8. The highest BCUT2D eigenvalue weighted by atomic mass is 16.6. The Hall–Kier alpha value is -3.10. The zero-order valence-corrected chi connectivity index (χ0v) is 24.3. The first-order chi connectivity index (χ1) is 17.6. The van der Waals surface area contributed by atoms with E-state index < -0.39 is 29.7 Å². The Balaban J connectivity index is 2.45. The first kappa shape index (κ1) is 31.1. The fourth-order valence-electron chi connectivity index (χ4n) is 4.50. The Kier molecular flexibility index (Phi) is 10.7. The van der Waals surface area contributed by atoms with Crippen LogP contribution >= 0.6 is 0 Å². The summed E-state index contributed by atoms with van der Waals surface area (Å²) in [4.78, 5) is 54.0. The Morgan fingerprint density at radius 1 is 1.08 bits per heavy atom. The minimum Gasteiger partial charge on any atom is -0.466 e. The Labute approximate surface area is 227 Å². The number of nitrogens with zero attached hydrogens (tertiary/aromatic N) is 1. The molecule has 0 spiro atoms. The molecule has 1 aromatic rings. The van der Waals surface area contributed by atoms with Gasteiger partial charge in [-0.15, -0.1) is 0 Å². The van der Waals surface area contributed by atoms with Crippen molar-refractivity contribution in [1.82, 2.24) is 15.5 Å². The Bertz CT molecular complexity index is 996. The predicted octanol–water partition coefficient (Wildman–Crippen LogP) is 4.20. The van der Waals surface area contributed by atoms with Crippen LogP contribution in [-0.2, 0) is 23.9 Å². The number of nitrogens with one attached hydrogen (secondary N) is 2. The van der Waals surface area contributed by atoms with Crippen LogP contribution in [0.5, 0.6) is 0 Å². The van der Waals surface area contributed by atoms with E-state index in [0.29, 0.717) is 5.56 Å². The molecule has 0 radical (unpaired) electrons. The molecule has 4 unspecified atom stereocenters. The maximum absolute atomic E-state index is 14.2. The van der Waals surface area contributed by atoms with E-state index in [0.717, 1.165) is 17.5 Å². The summed E-state index contributed by atoms with van der Waals surface area (Å²) in [5, 5.41) is 5.58. The van der Waals surface area contributed by atoms with Crippen LogP contribution in [0.25, 0.3) is 0 Å². The highest BCUT2D eigenvalue weighted by Crippen LogP contribution is 2.41. The lowest BCUT2D eigenvalue weighted by molar-refractivity contribution is -0.145. The second-order valence-corrected chi connectivity index (χ2v) is 11.6. The Morgan fingerprint density at radius 3 is 2.13 bits per heavy atom. The molecule has 1 aromatic carbocycles. The average molecular weight is 532 g/mol. The number of benzene rings is 1. The van der Waals surface area contributed by atoms with Gasteiger partial charge in [0, 0.05) is 12.6 Å². The minimum absolute atomic E-state index is 0.0295. The summed E-state index contributed by atoms with van der Waals surface area (Å²) >= 11 is 0. The van der Waals surface area contributed by atoms with Crippen LogP contribution in [0.15, 0.2) is 18.2 Å². The summed E-state index contributed by atoms with van der Waals surface area (Å²) in [7, 11) is 0. The summed E-state index contributed by atoms with van der Waals surface area (Å²) in [5.41, 5.74) is 1.89. The number of hydrogen-bond acceptors (Lipinski definition) is 6. The maximum atomic E-state index is 14.2. The molecule has 1 aliphatic carbocycles. The molecule has 2 rings (SSSR count). The van der Waals surface area contributed by atoms with E-state index in [1.807, 2.05) is 52.8 Å². The highest BCUT2D eigenvalue weighted by Gasteiger charge is 2.48. The number of alkyl carbamates (subject to hydrolysis) is 1. The van der Waals surface area contributed by atoms with Crippen LogP contribution in [0.4, 0.5) is 4.79 Å². The minimum atomic E-state index is -0.931. The maximum Gasteiger partial charge on any atom is 0.408 e. The first-order valence-electron chi connectivity index (χ1n) is 13.5. The average Bonchev–Trinajstić information content (AvgIpc) is 3.48. The van der Waals surface area contributed by atoms with Crippen molar-refractivity contribution in [3.8, 4) is 0 Å². The molecule has 0 bridgehead atoms. The van der Waals surface area contributed by atoms with Crippen molar-refractivity contribution < 1.29 is 28.7 Å². The van der Waals surface area contributed by atoms with E-state index in [4.69, 9.17) is 9.47 Å². The molecular formula is C29H45N3O6. The number of hydrogen-bond donors (Lipinski definition) is 2. The molecule has 1 saturated carbocycles. The van der Waals surface area contributed by atoms with Crippen molar-refractivity contribution in [2.45, 2.75) is 98.9 Å². The lowest BCUT2D eigenvalue weighted by Gasteiger charge is -2.36. The molecule has 1 fully saturated rings. The molecule has 2 N–H and O–H groups in total. The van der Waals surface area contributed by atoms with Crippen LogP contribution < -0.4 is 10.6 Å². The number of aryl methyl sites for hydroxylation is 2. The van der Waals surface area contributed by atoms with Gasteiger partial charge in [0.05, 0.1) is 13.0 Å². The fraction of sp³-hybridized carbons (Fsp3) is 0.655. The molecule has 38 heavy (non-hydrogen) atoms. The van der Waals surface area contributed by atoms with Gasteiger partial charge in [0.25, 0.3) is 0 Å². The summed E-state index contributed by atoms with van der Waals surface area (Å²) in [6.45, 7) is 17.0. The lowest BCUT2D eigenvalue weighted by Crippen LogP contribution is -2.55. The van der Waals surface area contributed by atoms with Crippen molar-refractivity contribution in [1.29, 1.82) is 0 Å². The second kappa shape index (κ2) is 13.1. The van der Waals surface area contributed by atoms with E-state index in [2.05, 4.69) is 10.6 Å². The van der Waals surface area contributed by atoms with Crippen molar-refractivity contribution >= 4 is 23.9 Å². The van der Waals surface area contributed by atoms with E-state index in [9.17, 15) is 19.2 Å². The van der Waals surface area contributed by atoms with Gasteiger partial charge >= 0.3 is 12.1 Å². The van der Waals surface area contributed by atoms with E-state index in [1.54, 1.807) is 32.6 Å². The number of amides is 3. The molecule has 9 heteroatoms. The largest absolute Gasteiger partial charge is 0.466 e. The SMILES string of the molecule is CCOC(=O)CCNC(=O)C(c1cc(C)cc(C)c1)N(C(=O)C(NC(=O)OC(C)(C)C)C(C)C)C1CC1C. The Morgan fingerprint density at radius 2 is 1.66 bits per heavy atom. The van der Waals surface area contributed by atoms with Crippen molar-refractivity contribution in [2.75, 3.05) is 13.2 Å². The summed E-state index contributed by atoms with van der Waals surface area (Å²) < 4.78 is 10.4. The van der Waals surface area contributed by atoms with Crippen LogP contribution in [0.1, 0.15) is 84.0 Å².